The fraction of sp³-hybridized carbons (Fsp3) is 0.250. The highest BCUT2D eigenvalue weighted by Gasteiger charge is 2.40. The van der Waals surface area contributed by atoms with E-state index in [0.29, 0.717) is 6.07 Å². The lowest BCUT2D eigenvalue weighted by Gasteiger charge is -2.19. The summed E-state index contributed by atoms with van der Waals surface area (Å²) < 4.78 is 99.6. The number of hydrogen-bond acceptors (Lipinski definition) is 2. The van der Waals surface area contributed by atoms with Gasteiger partial charge in [0.15, 0.2) is 5.78 Å². The van der Waals surface area contributed by atoms with Crippen LogP contribution in [0, 0.1) is 0 Å². The van der Waals surface area contributed by atoms with Crippen LogP contribution in [0.4, 0.5) is 30.7 Å². The number of alkyl halides is 6. The highest BCUT2D eigenvalue weighted by molar-refractivity contribution is 6.32. The standard InChI is InChI=1S/C20H14ClF7O2/c1-10(29)13-5-3-12(7-15(13)20(26,27)28)17(22)9-14(19(23,24)25)11-4-6-18(30-2)16(21)8-11/h3-9,14H,1-2H3/b17-9-. The smallest absolute Gasteiger partial charge is 0.417 e. The number of rotatable bonds is 5. The lowest BCUT2D eigenvalue weighted by atomic mass is 9.95. The van der Waals surface area contributed by atoms with Crippen LogP contribution in [-0.4, -0.2) is 19.1 Å². The molecule has 0 spiro atoms. The summed E-state index contributed by atoms with van der Waals surface area (Å²) >= 11 is 5.83. The average molecular weight is 455 g/mol. The molecule has 2 rings (SSSR count). The Morgan fingerprint density at radius 2 is 1.70 bits per heavy atom. The monoisotopic (exact) mass is 454 g/mol. The molecule has 0 saturated heterocycles. The van der Waals surface area contributed by atoms with Gasteiger partial charge in [0.1, 0.15) is 17.5 Å². The Balaban J connectivity index is 2.57. The van der Waals surface area contributed by atoms with Crippen molar-refractivity contribution >= 4 is 23.2 Å². The number of benzene rings is 2. The Morgan fingerprint density at radius 1 is 1.07 bits per heavy atom. The van der Waals surface area contributed by atoms with Gasteiger partial charge in [-0.2, -0.15) is 26.3 Å². The molecule has 0 amide bonds. The highest BCUT2D eigenvalue weighted by atomic mass is 35.5. The molecule has 1 unspecified atom stereocenters. The highest BCUT2D eigenvalue weighted by Crippen LogP contribution is 2.41. The number of ether oxygens (including phenoxy) is 1. The second kappa shape index (κ2) is 8.67. The first-order valence-electron chi connectivity index (χ1n) is 8.25. The Morgan fingerprint density at radius 3 is 2.17 bits per heavy atom. The molecule has 2 aromatic carbocycles. The van der Waals surface area contributed by atoms with Crippen LogP contribution in [-0.2, 0) is 6.18 Å². The number of halogens is 8. The van der Waals surface area contributed by atoms with E-state index in [1.54, 1.807) is 0 Å². The van der Waals surface area contributed by atoms with E-state index in [4.69, 9.17) is 16.3 Å². The molecule has 1 atom stereocenters. The van der Waals surface area contributed by atoms with Crippen molar-refractivity contribution in [2.75, 3.05) is 7.11 Å². The van der Waals surface area contributed by atoms with Gasteiger partial charge in [0.05, 0.1) is 17.7 Å². The van der Waals surface area contributed by atoms with Crippen molar-refractivity contribution in [2.45, 2.75) is 25.2 Å². The minimum absolute atomic E-state index is 0.0976. The van der Waals surface area contributed by atoms with Gasteiger partial charge in [-0.25, -0.2) is 4.39 Å². The maximum absolute atomic E-state index is 14.6. The second-order valence-electron chi connectivity index (χ2n) is 6.24. The largest absolute Gasteiger partial charge is 0.495 e. The Hall–Kier alpha value is -2.55. The van der Waals surface area contributed by atoms with Crippen molar-refractivity contribution in [2.24, 2.45) is 0 Å². The number of carbonyl (C=O) groups excluding carboxylic acids is 1. The van der Waals surface area contributed by atoms with Crippen molar-refractivity contribution in [1.29, 1.82) is 0 Å². The summed E-state index contributed by atoms with van der Waals surface area (Å²) in [5.74, 6) is -4.84. The number of hydrogen-bond donors (Lipinski definition) is 0. The van der Waals surface area contributed by atoms with Crippen LogP contribution in [0.2, 0.25) is 5.02 Å². The predicted molar refractivity (Wildman–Crippen MR) is 97.3 cm³/mol. The summed E-state index contributed by atoms with van der Waals surface area (Å²) in [6, 6.07) is 4.95. The van der Waals surface area contributed by atoms with E-state index in [9.17, 15) is 35.5 Å². The Bertz CT molecular complexity index is 978. The Labute approximate surface area is 171 Å². The molecule has 0 aliphatic heterocycles. The van der Waals surface area contributed by atoms with Gasteiger partial charge in [-0.05, 0) is 36.8 Å². The minimum Gasteiger partial charge on any atom is -0.495 e. The molecule has 0 aliphatic rings. The van der Waals surface area contributed by atoms with E-state index >= 15 is 0 Å². The maximum atomic E-state index is 14.6. The number of ketones is 1. The average Bonchev–Trinajstić information content (AvgIpc) is 2.63. The molecule has 0 radical (unpaired) electrons. The molecule has 2 aromatic rings. The van der Waals surface area contributed by atoms with Crippen LogP contribution in [0.1, 0.15) is 39.9 Å². The summed E-state index contributed by atoms with van der Waals surface area (Å²) in [6.45, 7) is 0.892. The molecule has 0 heterocycles. The van der Waals surface area contributed by atoms with Crippen LogP contribution in [0.25, 0.3) is 5.83 Å². The van der Waals surface area contributed by atoms with Gasteiger partial charge in [-0.15, -0.1) is 0 Å². The van der Waals surface area contributed by atoms with Crippen molar-refractivity contribution in [3.63, 3.8) is 0 Å². The zero-order valence-corrected chi connectivity index (χ0v) is 16.2. The van der Waals surface area contributed by atoms with Crippen molar-refractivity contribution in [3.8, 4) is 5.75 Å². The van der Waals surface area contributed by atoms with Crippen molar-refractivity contribution in [3.05, 3.63) is 69.8 Å². The molecule has 0 N–H and O–H groups in total. The second-order valence-corrected chi connectivity index (χ2v) is 6.65. The lowest BCUT2D eigenvalue weighted by Crippen LogP contribution is -2.19. The fourth-order valence-electron chi connectivity index (χ4n) is 2.73. The van der Waals surface area contributed by atoms with Crippen LogP contribution in [0.3, 0.4) is 0 Å². The quantitative estimate of drug-likeness (QED) is 0.352. The molecule has 162 valence electrons. The van der Waals surface area contributed by atoms with Gasteiger partial charge < -0.3 is 4.74 Å². The molecular weight excluding hydrogens is 441 g/mol. The minimum atomic E-state index is -5.00. The van der Waals surface area contributed by atoms with Crippen LogP contribution < -0.4 is 4.74 Å². The number of carbonyl (C=O) groups is 1. The van der Waals surface area contributed by atoms with Crippen LogP contribution >= 0.6 is 11.6 Å². The summed E-state index contributed by atoms with van der Waals surface area (Å²) in [6.07, 6.45) is -9.80. The fourth-order valence-corrected chi connectivity index (χ4v) is 3.00. The molecule has 0 fully saturated rings. The first kappa shape index (κ1) is 23.7. The lowest BCUT2D eigenvalue weighted by molar-refractivity contribution is -0.140. The third kappa shape index (κ3) is 5.33. The summed E-state index contributed by atoms with van der Waals surface area (Å²) in [5.41, 5.74) is -3.33. The van der Waals surface area contributed by atoms with E-state index in [1.807, 2.05) is 0 Å². The molecule has 2 nitrogen and oxygen atoms in total. The molecule has 30 heavy (non-hydrogen) atoms. The zero-order chi connectivity index (χ0) is 22.9. The topological polar surface area (TPSA) is 26.3 Å². The normalized spacial score (nSPS) is 13.9. The van der Waals surface area contributed by atoms with Crippen molar-refractivity contribution < 1.29 is 40.3 Å². The van der Waals surface area contributed by atoms with E-state index in [1.165, 1.54) is 7.11 Å². The molecule has 0 aromatic heterocycles. The molecule has 0 aliphatic carbocycles. The molecule has 0 bridgehead atoms. The Kier molecular flexibility index (Phi) is 6.86. The van der Waals surface area contributed by atoms with E-state index in [0.717, 1.165) is 37.3 Å². The third-order valence-corrected chi connectivity index (χ3v) is 4.48. The number of allylic oxidation sites excluding steroid dienone is 1. The van der Waals surface area contributed by atoms with Crippen molar-refractivity contribution in [1.82, 2.24) is 0 Å². The van der Waals surface area contributed by atoms with E-state index in [-0.39, 0.29) is 16.8 Å². The summed E-state index contributed by atoms with van der Waals surface area (Å²) in [4.78, 5) is 11.4. The maximum Gasteiger partial charge on any atom is 0.417 e. The van der Waals surface area contributed by atoms with Gasteiger partial charge in [-0.1, -0.05) is 29.8 Å². The van der Waals surface area contributed by atoms with Gasteiger partial charge in [0, 0.05) is 11.1 Å². The van der Waals surface area contributed by atoms with Crippen LogP contribution in [0.5, 0.6) is 5.75 Å². The van der Waals surface area contributed by atoms with E-state index < -0.39 is 52.1 Å². The number of methoxy groups -OCH3 is 1. The van der Waals surface area contributed by atoms with E-state index in [2.05, 4.69) is 0 Å². The summed E-state index contributed by atoms with van der Waals surface area (Å²) in [5, 5.41) is -0.150. The molecular formula is C20H14ClF7O2. The predicted octanol–water partition coefficient (Wildman–Crippen LogP) is 7.23. The SMILES string of the molecule is COc1ccc(C(/C=C(\F)c2ccc(C(C)=O)c(C(F)(F)F)c2)C(F)(F)F)cc1Cl. The van der Waals surface area contributed by atoms with Gasteiger partial charge in [0.2, 0.25) is 0 Å². The van der Waals surface area contributed by atoms with Gasteiger partial charge >= 0.3 is 12.4 Å². The first-order chi connectivity index (χ1) is 13.8. The summed E-state index contributed by atoms with van der Waals surface area (Å²) in [7, 11) is 1.25. The molecule has 10 heteroatoms. The molecule has 0 saturated carbocycles. The van der Waals surface area contributed by atoms with Gasteiger partial charge in [0.25, 0.3) is 0 Å². The first-order valence-corrected chi connectivity index (χ1v) is 8.63. The number of Topliss-reactive ketones (excluding diaryl/α,β-unsaturated/α-hetero) is 1. The van der Waals surface area contributed by atoms with Gasteiger partial charge in [-0.3, -0.25) is 4.79 Å². The van der Waals surface area contributed by atoms with Crippen LogP contribution in [0.15, 0.2) is 42.5 Å². The zero-order valence-electron chi connectivity index (χ0n) is 15.5. The third-order valence-electron chi connectivity index (χ3n) is 4.18.